The first-order valence-electron chi connectivity index (χ1n) is 1.10. The standard InChI is InChI=1S/CHI3O2S/c2-1(3,4)7(5)6/h(H,5,6)/p-1. The highest BCUT2D eigenvalue weighted by atomic mass is 127. The van der Waals surface area contributed by atoms with Gasteiger partial charge in [0.25, 0.3) is 0 Å². The summed E-state index contributed by atoms with van der Waals surface area (Å²) in [5, 5.41) is 0. The van der Waals surface area contributed by atoms with Gasteiger partial charge in [-0.3, -0.25) is 4.21 Å². The molecule has 0 aromatic rings. The van der Waals surface area contributed by atoms with Crippen molar-refractivity contribution in [2.75, 3.05) is 0 Å². The molecule has 7 heavy (non-hydrogen) atoms. The Morgan fingerprint density at radius 2 is 1.57 bits per heavy atom. The molecule has 0 aliphatic carbocycles. The van der Waals surface area contributed by atoms with E-state index in [1.807, 2.05) is 67.8 Å². The Hall–Kier alpha value is 2.30. The van der Waals surface area contributed by atoms with Gasteiger partial charge in [-0.15, -0.1) is 0 Å². The quantitative estimate of drug-likeness (QED) is 0.343. The molecule has 0 aliphatic rings. The maximum absolute atomic E-state index is 10.00. The van der Waals surface area contributed by atoms with Crippen LogP contribution in [0.1, 0.15) is 0 Å². The number of hydrogen-bond donors (Lipinski definition) is 0. The molecule has 0 spiro atoms. The molecule has 44 valence electrons. The fourth-order valence-electron chi connectivity index (χ4n) is 0. The van der Waals surface area contributed by atoms with Gasteiger partial charge in [-0.05, 0) is 78.9 Å². The third-order valence-corrected chi connectivity index (χ3v) is 3.80. The van der Waals surface area contributed by atoms with Gasteiger partial charge in [0.1, 0.15) is 0 Å². The largest absolute Gasteiger partial charge is 0.770 e. The average molecular weight is 457 g/mol. The van der Waals surface area contributed by atoms with Gasteiger partial charge in [-0.2, -0.15) is 0 Å². The highest BCUT2D eigenvalue weighted by molar-refractivity contribution is 14.3. The minimum absolute atomic E-state index is 0.673. The molecule has 0 aromatic carbocycles. The summed E-state index contributed by atoms with van der Waals surface area (Å²) >= 11 is 3.51. The van der Waals surface area contributed by atoms with E-state index in [9.17, 15) is 8.76 Å². The molecule has 0 aromatic heterocycles. The number of rotatable bonds is 1. The Morgan fingerprint density at radius 3 is 1.57 bits per heavy atom. The molecule has 0 aliphatic heterocycles. The topological polar surface area (TPSA) is 40.1 Å². The summed E-state index contributed by atoms with van der Waals surface area (Å²) < 4.78 is 19.3. The van der Waals surface area contributed by atoms with Crippen LogP contribution in [0.5, 0.6) is 0 Å². The molecular weight excluding hydrogens is 457 g/mol. The van der Waals surface area contributed by atoms with Gasteiger partial charge < -0.3 is 4.55 Å². The van der Waals surface area contributed by atoms with Gasteiger partial charge in [0, 0.05) is 0 Å². The van der Waals surface area contributed by atoms with Crippen LogP contribution in [0.25, 0.3) is 0 Å². The molecule has 0 N–H and O–H groups in total. The highest BCUT2D eigenvalue weighted by Gasteiger charge is 2.16. The Bertz CT molecular complexity index is 85.4. The van der Waals surface area contributed by atoms with Crippen molar-refractivity contribution in [1.82, 2.24) is 0 Å². The SMILES string of the molecule is O=S([O-])C(I)(I)I. The second-order valence-electron chi connectivity index (χ2n) is 0.680. The first-order valence-corrected chi connectivity index (χ1v) is 5.42. The fourth-order valence-corrected chi connectivity index (χ4v) is 0. The van der Waals surface area contributed by atoms with Crippen molar-refractivity contribution in [1.29, 1.82) is 0 Å². The van der Waals surface area contributed by atoms with E-state index in [1.54, 1.807) is 0 Å². The van der Waals surface area contributed by atoms with Gasteiger partial charge in [-0.25, -0.2) is 0 Å². The van der Waals surface area contributed by atoms with Crippen LogP contribution in [0, 0.1) is 0 Å². The summed E-state index contributed by atoms with van der Waals surface area (Å²) in [6.45, 7) is 0. The second-order valence-corrected chi connectivity index (χ2v) is 15.0. The zero-order valence-corrected chi connectivity index (χ0v) is 10.1. The average Bonchev–Trinajstić information content (AvgIpc) is 1.31. The zero-order chi connectivity index (χ0) is 6.08. The lowest BCUT2D eigenvalue weighted by Gasteiger charge is -2.14. The molecule has 0 saturated heterocycles. The van der Waals surface area contributed by atoms with Gasteiger partial charge in [0.15, 0.2) is -1.23 Å². The van der Waals surface area contributed by atoms with E-state index >= 15 is 0 Å². The van der Waals surface area contributed by atoms with Gasteiger partial charge >= 0.3 is 0 Å². The maximum atomic E-state index is 10.00. The normalized spacial score (nSPS) is 16.6. The number of halogens is 3. The van der Waals surface area contributed by atoms with E-state index in [-0.39, 0.29) is 0 Å². The van der Waals surface area contributed by atoms with Crippen LogP contribution in [-0.2, 0) is 11.1 Å². The third-order valence-electron chi connectivity index (χ3n) is 0.189. The molecule has 0 rings (SSSR count). The summed E-state index contributed by atoms with van der Waals surface area (Å²) in [5.41, 5.74) is 0. The first kappa shape index (κ1) is 9.30. The summed E-state index contributed by atoms with van der Waals surface area (Å²) in [7, 11) is 0. The van der Waals surface area contributed by atoms with E-state index in [0.717, 1.165) is 0 Å². The first-order chi connectivity index (χ1) is 2.94. The predicted molar refractivity (Wildman–Crippen MR) is 53.7 cm³/mol. The van der Waals surface area contributed by atoms with E-state index < -0.39 is 9.85 Å². The minimum Gasteiger partial charge on any atom is -0.770 e. The summed E-state index contributed by atoms with van der Waals surface area (Å²) in [6.07, 6.45) is 0. The van der Waals surface area contributed by atoms with Crippen LogP contribution in [0.2, 0.25) is 0 Å². The zero-order valence-electron chi connectivity index (χ0n) is 2.86. The van der Waals surface area contributed by atoms with Crippen molar-refractivity contribution in [2.24, 2.45) is 0 Å². The summed E-state index contributed by atoms with van der Waals surface area (Å²) in [5.74, 6) is 0. The molecular formula is CI3O2S-. The van der Waals surface area contributed by atoms with E-state index in [2.05, 4.69) is 0 Å². The molecule has 1 unspecified atom stereocenters. The smallest absolute Gasteiger partial charge is 0.184 e. The molecule has 0 radical (unpaired) electrons. The van der Waals surface area contributed by atoms with Gasteiger partial charge in [0.2, 0.25) is 0 Å². The van der Waals surface area contributed by atoms with Crippen molar-refractivity contribution in [3.63, 3.8) is 0 Å². The van der Waals surface area contributed by atoms with Crippen molar-refractivity contribution >= 4 is 78.9 Å². The molecule has 0 saturated carbocycles. The summed E-state index contributed by atoms with van der Waals surface area (Å²) in [4.78, 5) is 0. The van der Waals surface area contributed by atoms with Crippen LogP contribution in [0.15, 0.2) is 0 Å². The lowest BCUT2D eigenvalue weighted by atomic mass is 11.9. The lowest BCUT2D eigenvalue weighted by Crippen LogP contribution is -2.06. The Labute approximate surface area is 84.9 Å². The van der Waals surface area contributed by atoms with E-state index in [0.29, 0.717) is 0 Å². The van der Waals surface area contributed by atoms with Gasteiger partial charge in [-0.1, -0.05) is 0 Å². The lowest BCUT2D eigenvalue weighted by molar-refractivity contribution is 0.541. The van der Waals surface area contributed by atoms with E-state index in [1.165, 1.54) is 0 Å². The Balaban J connectivity index is 3.79. The highest BCUT2D eigenvalue weighted by Crippen LogP contribution is 2.37. The second kappa shape index (κ2) is 3.46. The molecule has 6 heteroatoms. The van der Waals surface area contributed by atoms with Crippen molar-refractivity contribution < 1.29 is 8.76 Å². The Morgan fingerprint density at radius 1 is 1.43 bits per heavy atom. The number of hydrogen-bond acceptors (Lipinski definition) is 2. The molecule has 0 fully saturated rings. The summed E-state index contributed by atoms with van der Waals surface area (Å²) in [6, 6.07) is 0. The van der Waals surface area contributed by atoms with Crippen LogP contribution in [0.3, 0.4) is 0 Å². The maximum Gasteiger partial charge on any atom is 0.184 e. The minimum atomic E-state index is -1.97. The third kappa shape index (κ3) is 4.78. The van der Waals surface area contributed by atoms with Crippen LogP contribution in [-0.4, -0.2) is 7.53 Å². The molecule has 2 nitrogen and oxygen atoms in total. The fraction of sp³-hybridized carbons (Fsp3) is 1.00. The van der Waals surface area contributed by atoms with Crippen LogP contribution >= 0.6 is 67.8 Å². The monoisotopic (exact) mass is 457 g/mol. The van der Waals surface area contributed by atoms with E-state index in [4.69, 9.17) is 0 Å². The van der Waals surface area contributed by atoms with Crippen LogP contribution in [0.4, 0.5) is 0 Å². The number of alkyl halides is 3. The van der Waals surface area contributed by atoms with Crippen molar-refractivity contribution in [3.8, 4) is 0 Å². The van der Waals surface area contributed by atoms with Gasteiger partial charge in [0.05, 0.1) is 0 Å². The van der Waals surface area contributed by atoms with Crippen molar-refractivity contribution in [2.45, 2.75) is -1.23 Å². The molecule has 1 atom stereocenters. The predicted octanol–water partition coefficient (Wildman–Crippen LogP) is 1.78. The van der Waals surface area contributed by atoms with Crippen LogP contribution < -0.4 is 0 Å². The molecule has 0 amide bonds. The molecule has 0 bridgehead atoms. The van der Waals surface area contributed by atoms with Crippen molar-refractivity contribution in [3.05, 3.63) is 0 Å². The molecule has 0 heterocycles. The Kier molecular flexibility index (Phi) is 4.60.